The number of halogens is 4. The van der Waals surface area contributed by atoms with Gasteiger partial charge in [0, 0.05) is 22.5 Å². The van der Waals surface area contributed by atoms with Crippen molar-refractivity contribution >= 4 is 33.4 Å². The van der Waals surface area contributed by atoms with Gasteiger partial charge >= 0.3 is 5.51 Å². The third kappa shape index (κ3) is 5.65. The summed E-state index contributed by atoms with van der Waals surface area (Å²) in [6.07, 6.45) is 0. The van der Waals surface area contributed by atoms with E-state index in [0.29, 0.717) is 6.54 Å². The van der Waals surface area contributed by atoms with Crippen molar-refractivity contribution in [1.29, 1.82) is 0 Å². The molecule has 1 aromatic rings. The van der Waals surface area contributed by atoms with Gasteiger partial charge < -0.3 is 5.32 Å². The summed E-state index contributed by atoms with van der Waals surface area (Å²) in [5.74, 6) is 0.00899. The quantitative estimate of drug-likeness (QED) is 0.826. The van der Waals surface area contributed by atoms with Crippen LogP contribution >= 0.6 is 27.7 Å². The Bertz CT molecular complexity index is 334. The Morgan fingerprint density at radius 1 is 1.31 bits per heavy atom. The maximum Gasteiger partial charge on any atom is 0.441 e. The summed E-state index contributed by atoms with van der Waals surface area (Å²) in [6, 6.07) is 5.67. The third-order valence-corrected chi connectivity index (χ3v) is 2.93. The first kappa shape index (κ1) is 13.7. The first-order valence-corrected chi connectivity index (χ1v) is 6.36. The van der Waals surface area contributed by atoms with E-state index >= 15 is 0 Å². The number of nitrogens with one attached hydrogen (secondary N) is 1. The molecular formula is C10H11BrF3NS. The Hall–Kier alpha value is -0.360. The molecule has 0 unspecified atom stereocenters. The zero-order valence-corrected chi connectivity index (χ0v) is 11.0. The first-order valence-electron chi connectivity index (χ1n) is 4.58. The fraction of sp³-hybridized carbons (Fsp3) is 0.400. The second-order valence-corrected chi connectivity index (χ2v) is 5.31. The van der Waals surface area contributed by atoms with E-state index in [2.05, 4.69) is 21.2 Å². The molecule has 0 saturated heterocycles. The molecule has 1 nitrogen and oxygen atoms in total. The Kier molecular flexibility index (Phi) is 4.98. The monoisotopic (exact) mass is 313 g/mol. The van der Waals surface area contributed by atoms with Crippen molar-refractivity contribution < 1.29 is 13.2 Å². The molecule has 1 rings (SSSR count). The fourth-order valence-corrected chi connectivity index (χ4v) is 2.24. The van der Waals surface area contributed by atoms with Crippen LogP contribution < -0.4 is 5.32 Å². The van der Waals surface area contributed by atoms with Gasteiger partial charge in [-0.1, -0.05) is 15.9 Å². The Labute approximate surface area is 105 Å². The van der Waals surface area contributed by atoms with Crippen molar-refractivity contribution in [1.82, 2.24) is 0 Å². The van der Waals surface area contributed by atoms with Gasteiger partial charge in [0.1, 0.15) is 0 Å². The predicted octanol–water partition coefficient (Wildman–Crippen LogP) is 4.42. The van der Waals surface area contributed by atoms with Gasteiger partial charge in [0.25, 0.3) is 0 Å². The van der Waals surface area contributed by atoms with Gasteiger partial charge in [-0.2, -0.15) is 13.2 Å². The van der Waals surface area contributed by atoms with Crippen LogP contribution in [0.2, 0.25) is 0 Å². The zero-order chi connectivity index (χ0) is 12.2. The van der Waals surface area contributed by atoms with Gasteiger partial charge in [0.2, 0.25) is 0 Å². The van der Waals surface area contributed by atoms with Gasteiger partial charge in [-0.3, -0.25) is 0 Å². The van der Waals surface area contributed by atoms with Gasteiger partial charge in [-0.05, 0) is 42.4 Å². The first-order chi connectivity index (χ1) is 7.37. The second kappa shape index (κ2) is 5.82. The van der Waals surface area contributed by atoms with Crippen molar-refractivity contribution in [3.05, 3.63) is 28.2 Å². The lowest BCUT2D eigenvalue weighted by molar-refractivity contribution is -0.0327. The molecule has 0 aromatic heterocycles. The lowest BCUT2D eigenvalue weighted by atomic mass is 10.2. The maximum atomic E-state index is 11.8. The molecule has 0 fully saturated rings. The van der Waals surface area contributed by atoms with E-state index in [4.69, 9.17) is 0 Å². The van der Waals surface area contributed by atoms with Crippen molar-refractivity contribution in [2.45, 2.75) is 12.4 Å². The summed E-state index contributed by atoms with van der Waals surface area (Å²) < 4.78 is 36.4. The summed E-state index contributed by atoms with van der Waals surface area (Å²) >= 11 is 3.32. The molecule has 16 heavy (non-hydrogen) atoms. The molecule has 0 saturated carbocycles. The third-order valence-electron chi connectivity index (χ3n) is 1.74. The van der Waals surface area contributed by atoms with E-state index in [-0.39, 0.29) is 17.5 Å². The average Bonchev–Trinajstić information content (AvgIpc) is 2.09. The van der Waals surface area contributed by atoms with E-state index in [0.717, 1.165) is 15.7 Å². The molecule has 0 heterocycles. The van der Waals surface area contributed by atoms with Crippen LogP contribution in [0.25, 0.3) is 0 Å². The van der Waals surface area contributed by atoms with Crippen LogP contribution in [0, 0.1) is 6.92 Å². The molecule has 0 amide bonds. The largest absolute Gasteiger partial charge is 0.441 e. The molecule has 6 heteroatoms. The minimum Gasteiger partial charge on any atom is -0.384 e. The van der Waals surface area contributed by atoms with E-state index in [1.165, 1.54) is 0 Å². The van der Waals surface area contributed by atoms with Crippen LogP contribution in [0.15, 0.2) is 22.7 Å². The normalized spacial score (nSPS) is 11.6. The fourth-order valence-electron chi connectivity index (χ4n) is 1.20. The molecule has 1 aromatic carbocycles. The average molecular weight is 314 g/mol. The van der Waals surface area contributed by atoms with Gasteiger partial charge in [-0.15, -0.1) is 0 Å². The van der Waals surface area contributed by atoms with Crippen molar-refractivity contribution in [2.75, 3.05) is 17.6 Å². The van der Waals surface area contributed by atoms with Gasteiger partial charge in [0.05, 0.1) is 0 Å². The number of hydrogen-bond acceptors (Lipinski definition) is 2. The molecule has 1 N–H and O–H groups in total. The number of alkyl halides is 3. The summed E-state index contributed by atoms with van der Waals surface area (Å²) in [4.78, 5) is 0. The predicted molar refractivity (Wildman–Crippen MR) is 65.9 cm³/mol. The number of anilines is 1. The van der Waals surface area contributed by atoms with Crippen molar-refractivity contribution in [3.63, 3.8) is 0 Å². The molecule has 0 aliphatic heterocycles. The summed E-state index contributed by atoms with van der Waals surface area (Å²) in [6.45, 7) is 2.22. The summed E-state index contributed by atoms with van der Waals surface area (Å²) in [5.41, 5.74) is -2.26. The van der Waals surface area contributed by atoms with E-state index in [1.807, 2.05) is 25.1 Å². The minimum absolute atomic E-state index is 0.00899. The molecular weight excluding hydrogens is 303 g/mol. The zero-order valence-electron chi connectivity index (χ0n) is 8.57. The van der Waals surface area contributed by atoms with Crippen molar-refractivity contribution in [3.8, 4) is 0 Å². The van der Waals surface area contributed by atoms with E-state index < -0.39 is 5.51 Å². The van der Waals surface area contributed by atoms with Crippen LogP contribution in [-0.4, -0.2) is 17.8 Å². The standard InChI is InChI=1S/C10H11BrF3NS/c1-7-4-8(11)6-9(5-7)15-2-3-16-10(12,13)14/h4-6,15H,2-3H2,1H3. The van der Waals surface area contributed by atoms with Crippen LogP contribution in [0.5, 0.6) is 0 Å². The highest BCUT2D eigenvalue weighted by Gasteiger charge is 2.27. The SMILES string of the molecule is Cc1cc(Br)cc(NCCSC(F)(F)F)c1. The summed E-state index contributed by atoms with van der Waals surface area (Å²) in [5, 5.41) is 2.95. The smallest absolute Gasteiger partial charge is 0.384 e. The molecule has 0 aliphatic rings. The van der Waals surface area contributed by atoms with Gasteiger partial charge in [-0.25, -0.2) is 0 Å². The number of thioether (sulfide) groups is 1. The van der Waals surface area contributed by atoms with Crippen LogP contribution in [-0.2, 0) is 0 Å². The number of hydrogen-bond donors (Lipinski definition) is 1. The van der Waals surface area contributed by atoms with Crippen LogP contribution in [0.4, 0.5) is 18.9 Å². The molecule has 0 bridgehead atoms. The number of benzene rings is 1. The molecule has 90 valence electrons. The molecule has 0 spiro atoms. The topological polar surface area (TPSA) is 12.0 Å². The van der Waals surface area contributed by atoms with Crippen LogP contribution in [0.1, 0.15) is 5.56 Å². The number of aryl methyl sites for hydroxylation is 1. The molecule has 0 aliphatic carbocycles. The van der Waals surface area contributed by atoms with E-state index in [1.54, 1.807) is 0 Å². The van der Waals surface area contributed by atoms with Crippen LogP contribution in [0.3, 0.4) is 0 Å². The highest BCUT2D eigenvalue weighted by Crippen LogP contribution is 2.29. The Morgan fingerprint density at radius 3 is 2.56 bits per heavy atom. The molecule has 0 radical (unpaired) electrons. The van der Waals surface area contributed by atoms with E-state index in [9.17, 15) is 13.2 Å². The Morgan fingerprint density at radius 2 is 2.00 bits per heavy atom. The number of rotatable bonds is 4. The molecule has 0 atom stereocenters. The summed E-state index contributed by atoms with van der Waals surface area (Å²) in [7, 11) is 0. The Balaban J connectivity index is 2.37. The highest BCUT2D eigenvalue weighted by atomic mass is 79.9. The lowest BCUT2D eigenvalue weighted by Crippen LogP contribution is -2.09. The second-order valence-electron chi connectivity index (χ2n) is 3.24. The highest BCUT2D eigenvalue weighted by molar-refractivity contribution is 9.10. The lowest BCUT2D eigenvalue weighted by Gasteiger charge is -2.09. The van der Waals surface area contributed by atoms with Crippen molar-refractivity contribution in [2.24, 2.45) is 0 Å². The van der Waals surface area contributed by atoms with Gasteiger partial charge in [0.15, 0.2) is 0 Å². The maximum absolute atomic E-state index is 11.8. The minimum atomic E-state index is -4.14.